The first kappa shape index (κ1) is 22.8. The summed E-state index contributed by atoms with van der Waals surface area (Å²) in [4.78, 5) is 40.9. The van der Waals surface area contributed by atoms with Gasteiger partial charge in [0.1, 0.15) is 17.9 Å². The lowest BCUT2D eigenvalue weighted by atomic mass is 10.1. The van der Waals surface area contributed by atoms with E-state index in [2.05, 4.69) is 0 Å². The molecule has 2 aliphatic rings. The number of amides is 2. The van der Waals surface area contributed by atoms with Crippen molar-refractivity contribution < 1.29 is 28.2 Å². The second kappa shape index (κ2) is 9.32. The van der Waals surface area contributed by atoms with Crippen molar-refractivity contribution in [2.45, 2.75) is 20.0 Å². The molecule has 2 amide bonds. The number of carbonyl (C=O) groups excluding carboxylic acids is 2. The molecule has 0 radical (unpaired) electrons. The van der Waals surface area contributed by atoms with Crippen molar-refractivity contribution in [2.75, 3.05) is 39.4 Å². The molecule has 1 atom stereocenters. The summed E-state index contributed by atoms with van der Waals surface area (Å²) in [5, 5.41) is 0.831. The molecule has 5 rings (SSSR count). The van der Waals surface area contributed by atoms with Gasteiger partial charge in [-0.25, -0.2) is 4.79 Å². The zero-order chi connectivity index (χ0) is 24.5. The number of rotatable bonds is 4. The number of ether oxygens (including phenoxy) is 3. The summed E-state index contributed by atoms with van der Waals surface area (Å²) in [6, 6.07) is 12.5. The van der Waals surface area contributed by atoms with Crippen molar-refractivity contribution in [1.29, 1.82) is 0 Å². The second-order valence-electron chi connectivity index (χ2n) is 8.66. The topological polar surface area (TPSA) is 98.5 Å². The Kier molecular flexibility index (Phi) is 6.07. The van der Waals surface area contributed by atoms with E-state index in [9.17, 15) is 14.4 Å². The Morgan fingerprint density at radius 2 is 1.69 bits per heavy atom. The fourth-order valence-electron chi connectivity index (χ4n) is 4.28. The van der Waals surface area contributed by atoms with Gasteiger partial charge in [0.15, 0.2) is 18.1 Å². The SMILES string of the molecule is Cc1c(C)c2ccc(OCC(=O)N3CCN(C(=O)[C@H]4COc5ccccc5O4)CC3)cc2oc1=O. The summed E-state index contributed by atoms with van der Waals surface area (Å²) in [6.45, 7) is 5.24. The third-order valence-corrected chi connectivity index (χ3v) is 6.52. The van der Waals surface area contributed by atoms with E-state index in [0.717, 1.165) is 10.9 Å². The molecule has 0 aliphatic carbocycles. The molecule has 0 saturated carbocycles. The number of piperazine rings is 1. The van der Waals surface area contributed by atoms with Crippen LogP contribution in [0.1, 0.15) is 11.1 Å². The van der Waals surface area contributed by atoms with Crippen LogP contribution >= 0.6 is 0 Å². The standard InChI is InChI=1S/C26H26N2O7/c1-16-17(2)26(31)35-22-13-18(7-8-19(16)22)32-15-24(29)27-9-11-28(12-10-27)25(30)23-14-33-20-5-3-4-6-21(20)34-23/h3-8,13,23H,9-12,14-15H2,1-2H3/t23-/m1/s1. The van der Waals surface area contributed by atoms with E-state index >= 15 is 0 Å². The van der Waals surface area contributed by atoms with Crippen molar-refractivity contribution in [2.24, 2.45) is 0 Å². The summed E-state index contributed by atoms with van der Waals surface area (Å²) >= 11 is 0. The van der Waals surface area contributed by atoms with Gasteiger partial charge in [-0.05, 0) is 43.7 Å². The number of nitrogens with zero attached hydrogens (tertiary/aromatic N) is 2. The van der Waals surface area contributed by atoms with Gasteiger partial charge >= 0.3 is 5.63 Å². The average Bonchev–Trinajstić information content (AvgIpc) is 2.89. The monoisotopic (exact) mass is 478 g/mol. The Morgan fingerprint density at radius 1 is 0.971 bits per heavy atom. The zero-order valence-electron chi connectivity index (χ0n) is 19.6. The van der Waals surface area contributed by atoms with Gasteiger partial charge in [-0.2, -0.15) is 0 Å². The average molecular weight is 479 g/mol. The molecule has 9 nitrogen and oxygen atoms in total. The van der Waals surface area contributed by atoms with Crippen molar-refractivity contribution in [3.05, 3.63) is 64.0 Å². The molecule has 182 valence electrons. The van der Waals surface area contributed by atoms with Gasteiger partial charge in [0.25, 0.3) is 11.8 Å². The van der Waals surface area contributed by atoms with E-state index in [-0.39, 0.29) is 30.7 Å². The molecule has 0 bridgehead atoms. The van der Waals surface area contributed by atoms with Crippen LogP contribution in [0.2, 0.25) is 0 Å². The van der Waals surface area contributed by atoms with E-state index < -0.39 is 6.10 Å². The van der Waals surface area contributed by atoms with Crippen LogP contribution in [0.15, 0.2) is 51.7 Å². The molecular formula is C26H26N2O7. The highest BCUT2D eigenvalue weighted by atomic mass is 16.6. The Bertz CT molecular complexity index is 1340. The van der Waals surface area contributed by atoms with E-state index in [1.165, 1.54) is 0 Å². The van der Waals surface area contributed by atoms with E-state index in [0.29, 0.717) is 54.6 Å². The largest absolute Gasteiger partial charge is 0.485 e. The maximum absolute atomic E-state index is 12.9. The first-order valence-corrected chi connectivity index (χ1v) is 11.5. The number of para-hydroxylation sites is 2. The molecule has 3 heterocycles. The molecule has 0 spiro atoms. The number of hydrogen-bond acceptors (Lipinski definition) is 7. The second-order valence-corrected chi connectivity index (χ2v) is 8.66. The normalized spacial score (nSPS) is 17.4. The molecule has 1 saturated heterocycles. The van der Waals surface area contributed by atoms with Crippen LogP contribution in [-0.2, 0) is 9.59 Å². The predicted octanol–water partition coefficient (Wildman–Crippen LogP) is 2.30. The lowest BCUT2D eigenvalue weighted by Gasteiger charge is -2.37. The van der Waals surface area contributed by atoms with Crippen LogP contribution in [0.25, 0.3) is 11.0 Å². The zero-order valence-corrected chi connectivity index (χ0v) is 19.6. The van der Waals surface area contributed by atoms with Crippen molar-refractivity contribution >= 4 is 22.8 Å². The lowest BCUT2D eigenvalue weighted by molar-refractivity contribution is -0.146. The molecular weight excluding hydrogens is 452 g/mol. The molecule has 35 heavy (non-hydrogen) atoms. The van der Waals surface area contributed by atoms with Crippen LogP contribution in [0.4, 0.5) is 0 Å². The van der Waals surface area contributed by atoms with Crippen LogP contribution < -0.4 is 19.8 Å². The van der Waals surface area contributed by atoms with Gasteiger partial charge in [0.2, 0.25) is 6.10 Å². The quantitative estimate of drug-likeness (QED) is 0.531. The minimum atomic E-state index is -0.698. The minimum Gasteiger partial charge on any atom is -0.485 e. The molecule has 9 heteroatoms. The van der Waals surface area contributed by atoms with Crippen LogP contribution in [-0.4, -0.2) is 67.1 Å². The molecule has 0 N–H and O–H groups in total. The van der Waals surface area contributed by atoms with Gasteiger partial charge in [0, 0.05) is 43.2 Å². The summed E-state index contributed by atoms with van der Waals surface area (Å²) in [6.07, 6.45) is -0.698. The number of hydrogen-bond donors (Lipinski definition) is 0. The van der Waals surface area contributed by atoms with E-state index in [4.69, 9.17) is 18.6 Å². The van der Waals surface area contributed by atoms with Crippen LogP contribution in [0.5, 0.6) is 17.2 Å². The minimum absolute atomic E-state index is 0.147. The van der Waals surface area contributed by atoms with Crippen LogP contribution in [0.3, 0.4) is 0 Å². The summed E-state index contributed by atoms with van der Waals surface area (Å²) in [5.41, 5.74) is 1.48. The number of aryl methyl sites for hydroxylation is 1. The molecule has 0 unspecified atom stereocenters. The van der Waals surface area contributed by atoms with Crippen LogP contribution in [0, 0.1) is 13.8 Å². The molecule has 2 aliphatic heterocycles. The maximum Gasteiger partial charge on any atom is 0.339 e. The van der Waals surface area contributed by atoms with Gasteiger partial charge in [-0.1, -0.05) is 12.1 Å². The Morgan fingerprint density at radius 3 is 2.46 bits per heavy atom. The smallest absolute Gasteiger partial charge is 0.339 e. The van der Waals surface area contributed by atoms with Gasteiger partial charge in [0.05, 0.1) is 0 Å². The summed E-state index contributed by atoms with van der Waals surface area (Å²) in [7, 11) is 0. The van der Waals surface area contributed by atoms with E-state index in [1.54, 1.807) is 41.0 Å². The number of carbonyl (C=O) groups is 2. The van der Waals surface area contributed by atoms with Gasteiger partial charge < -0.3 is 28.4 Å². The maximum atomic E-state index is 12.9. The highest BCUT2D eigenvalue weighted by Crippen LogP contribution is 2.31. The third-order valence-electron chi connectivity index (χ3n) is 6.52. The summed E-state index contributed by atoms with van der Waals surface area (Å²) in [5.74, 6) is 1.31. The van der Waals surface area contributed by atoms with Crippen molar-refractivity contribution in [1.82, 2.24) is 9.80 Å². The van der Waals surface area contributed by atoms with E-state index in [1.807, 2.05) is 25.1 Å². The first-order valence-electron chi connectivity index (χ1n) is 11.5. The number of benzene rings is 2. The molecule has 3 aromatic rings. The van der Waals surface area contributed by atoms with Gasteiger partial charge in [-0.3, -0.25) is 9.59 Å². The number of fused-ring (bicyclic) bond motifs is 2. The Hall–Kier alpha value is -4.01. The highest BCUT2D eigenvalue weighted by molar-refractivity contribution is 5.84. The summed E-state index contributed by atoms with van der Waals surface area (Å²) < 4.78 is 22.5. The Balaban J connectivity index is 1.14. The predicted molar refractivity (Wildman–Crippen MR) is 127 cm³/mol. The fraction of sp³-hybridized carbons (Fsp3) is 0.346. The fourth-order valence-corrected chi connectivity index (χ4v) is 4.28. The molecule has 2 aromatic carbocycles. The lowest BCUT2D eigenvalue weighted by Crippen LogP contribution is -2.55. The van der Waals surface area contributed by atoms with Gasteiger partial charge in [-0.15, -0.1) is 0 Å². The Labute approximate surface area is 201 Å². The molecule has 1 fully saturated rings. The first-order chi connectivity index (χ1) is 16.9. The third kappa shape index (κ3) is 4.53. The highest BCUT2D eigenvalue weighted by Gasteiger charge is 2.33. The molecule has 1 aromatic heterocycles. The van der Waals surface area contributed by atoms with Crippen molar-refractivity contribution in [3.63, 3.8) is 0 Å². The van der Waals surface area contributed by atoms with Crippen molar-refractivity contribution in [3.8, 4) is 17.2 Å².